The summed E-state index contributed by atoms with van der Waals surface area (Å²) in [6, 6.07) is 16.8. The first kappa shape index (κ1) is 44.7. The number of benzene rings is 3. The molecule has 0 atom stereocenters. The molecule has 3 amide bonds. The molecule has 7 rings (SSSR count). The van der Waals surface area contributed by atoms with Gasteiger partial charge in [0.25, 0.3) is 5.91 Å². The fourth-order valence-corrected chi connectivity index (χ4v) is 8.19. The molecule has 2 fully saturated rings. The molecule has 0 saturated carbocycles. The van der Waals surface area contributed by atoms with E-state index in [1.54, 1.807) is 39.8 Å². The monoisotopic (exact) mass is 889 g/mol. The molecule has 1 N–H and O–H groups in total. The lowest BCUT2D eigenvalue weighted by molar-refractivity contribution is -0.122. The number of morpholine rings is 1. The lowest BCUT2D eigenvalue weighted by atomic mass is 9.94. The second-order valence-corrected chi connectivity index (χ2v) is 17.9. The third-order valence-corrected chi connectivity index (χ3v) is 11.2. The van der Waals surface area contributed by atoms with Gasteiger partial charge in [-0.25, -0.2) is 9.48 Å². The molecule has 330 valence electrons. The molecule has 15 nitrogen and oxygen atoms in total. The van der Waals surface area contributed by atoms with Crippen molar-refractivity contribution in [2.75, 3.05) is 72.7 Å². The summed E-state index contributed by atoms with van der Waals surface area (Å²) in [7, 11) is 1.61. The number of rotatable bonds is 11. The van der Waals surface area contributed by atoms with Crippen LogP contribution in [0.4, 0.5) is 4.79 Å². The number of nitrogens with zero attached hydrogens (tertiary/aromatic N) is 6. The molecule has 3 aliphatic heterocycles. The van der Waals surface area contributed by atoms with Gasteiger partial charge in [0.2, 0.25) is 5.91 Å². The van der Waals surface area contributed by atoms with Crippen LogP contribution in [0.25, 0.3) is 28.1 Å². The number of carbonyl (C=O) groups excluding carboxylic acids is 3. The van der Waals surface area contributed by atoms with Gasteiger partial charge in [-0.2, -0.15) is 5.10 Å². The maximum atomic E-state index is 14.4. The van der Waals surface area contributed by atoms with Gasteiger partial charge < -0.3 is 38.9 Å². The third kappa shape index (κ3) is 10.1. The zero-order valence-electron chi connectivity index (χ0n) is 36.2. The molecular formula is C45H53Cl2N7O8. The van der Waals surface area contributed by atoms with Crippen molar-refractivity contribution < 1.29 is 38.2 Å². The van der Waals surface area contributed by atoms with Crippen LogP contribution in [0.15, 0.2) is 59.8 Å². The molecule has 4 aromatic rings. The molecule has 62 heavy (non-hydrogen) atoms. The first-order chi connectivity index (χ1) is 29.5. The van der Waals surface area contributed by atoms with E-state index in [2.05, 4.69) is 10.5 Å². The van der Waals surface area contributed by atoms with Crippen LogP contribution in [0.5, 0.6) is 11.5 Å². The topological polar surface area (TPSA) is 149 Å². The van der Waals surface area contributed by atoms with Crippen LogP contribution in [0, 0.1) is 0 Å². The Morgan fingerprint density at radius 2 is 1.71 bits per heavy atom. The van der Waals surface area contributed by atoms with E-state index in [1.807, 2.05) is 82.8 Å². The SMILES string of the molecule is COc1cc2c(cc1-c1cccc(/C(C)=N/OCCNC(=O)CN3CCN(C(=O)OC(C)(C)C)CC3)c1)-c1c(c(C(=O)N3CCOCC3(C)C)nn1-c1cc(Cl)cc(Cl)c1)CO2. The summed E-state index contributed by atoms with van der Waals surface area (Å²) in [6.07, 6.45) is -0.336. The molecule has 0 spiro atoms. The lowest BCUT2D eigenvalue weighted by Gasteiger charge is -2.41. The van der Waals surface area contributed by atoms with Gasteiger partial charge in [-0.3, -0.25) is 14.5 Å². The summed E-state index contributed by atoms with van der Waals surface area (Å²) in [5.41, 5.74) is 4.84. The number of halogens is 2. The van der Waals surface area contributed by atoms with Gasteiger partial charge in [0.15, 0.2) is 5.69 Å². The number of ether oxygens (including phenoxy) is 4. The molecule has 3 aromatic carbocycles. The first-order valence-corrected chi connectivity index (χ1v) is 21.3. The van der Waals surface area contributed by atoms with E-state index in [4.69, 9.17) is 52.1 Å². The van der Waals surface area contributed by atoms with Crippen LogP contribution in [0.1, 0.15) is 63.2 Å². The summed E-state index contributed by atoms with van der Waals surface area (Å²) < 4.78 is 25.2. The Balaban J connectivity index is 1.07. The minimum atomic E-state index is -0.554. The van der Waals surface area contributed by atoms with E-state index in [-0.39, 0.29) is 49.9 Å². The maximum Gasteiger partial charge on any atom is 0.410 e. The Labute approximate surface area is 371 Å². The fraction of sp³-hybridized carbons (Fsp3) is 0.444. The van der Waals surface area contributed by atoms with Crippen molar-refractivity contribution in [3.05, 3.63) is 81.5 Å². The number of aromatic nitrogens is 2. The van der Waals surface area contributed by atoms with Crippen LogP contribution in [-0.2, 0) is 25.7 Å². The second-order valence-electron chi connectivity index (χ2n) is 17.1. The number of carbonyl (C=O) groups is 3. The lowest BCUT2D eigenvalue weighted by Crippen LogP contribution is -2.55. The van der Waals surface area contributed by atoms with Gasteiger partial charge in [0.05, 0.1) is 56.0 Å². The summed E-state index contributed by atoms with van der Waals surface area (Å²) in [4.78, 5) is 50.5. The number of nitrogens with one attached hydrogen (secondary N) is 1. The van der Waals surface area contributed by atoms with E-state index in [1.165, 1.54) is 0 Å². The summed E-state index contributed by atoms with van der Waals surface area (Å²) in [5, 5.41) is 13.0. The molecule has 0 unspecified atom stereocenters. The molecule has 17 heteroatoms. The van der Waals surface area contributed by atoms with Gasteiger partial charge >= 0.3 is 6.09 Å². The largest absolute Gasteiger partial charge is 0.496 e. The molecule has 4 heterocycles. The maximum absolute atomic E-state index is 14.4. The van der Waals surface area contributed by atoms with E-state index >= 15 is 0 Å². The van der Waals surface area contributed by atoms with Crippen molar-refractivity contribution in [1.29, 1.82) is 0 Å². The molecule has 2 saturated heterocycles. The number of hydrogen-bond acceptors (Lipinski definition) is 11. The van der Waals surface area contributed by atoms with E-state index in [0.717, 1.165) is 16.7 Å². The van der Waals surface area contributed by atoms with Gasteiger partial charge in [0, 0.05) is 65.5 Å². The number of fused-ring (bicyclic) bond motifs is 3. The van der Waals surface area contributed by atoms with Gasteiger partial charge in [-0.05, 0) is 83.0 Å². The predicted octanol–water partition coefficient (Wildman–Crippen LogP) is 7.07. The highest BCUT2D eigenvalue weighted by Crippen LogP contribution is 2.46. The van der Waals surface area contributed by atoms with E-state index < -0.39 is 11.1 Å². The number of amides is 3. The Morgan fingerprint density at radius 3 is 2.40 bits per heavy atom. The van der Waals surface area contributed by atoms with E-state index in [0.29, 0.717) is 95.7 Å². The van der Waals surface area contributed by atoms with Crippen LogP contribution in [0.3, 0.4) is 0 Å². The van der Waals surface area contributed by atoms with Crippen molar-refractivity contribution in [3.63, 3.8) is 0 Å². The normalized spacial score (nSPS) is 16.5. The third-order valence-electron chi connectivity index (χ3n) is 10.8. The Morgan fingerprint density at radius 1 is 0.968 bits per heavy atom. The number of piperazine rings is 1. The van der Waals surface area contributed by atoms with Crippen molar-refractivity contribution >= 4 is 46.8 Å². The molecule has 3 aliphatic rings. The zero-order valence-corrected chi connectivity index (χ0v) is 37.7. The minimum Gasteiger partial charge on any atom is -0.496 e. The molecule has 1 aromatic heterocycles. The van der Waals surface area contributed by atoms with Gasteiger partial charge in [-0.1, -0.05) is 46.6 Å². The van der Waals surface area contributed by atoms with Gasteiger partial charge in [-0.15, -0.1) is 0 Å². The van der Waals surface area contributed by atoms with Crippen molar-refractivity contribution in [2.24, 2.45) is 5.16 Å². The summed E-state index contributed by atoms with van der Waals surface area (Å²) in [5.74, 6) is 0.793. The highest BCUT2D eigenvalue weighted by Gasteiger charge is 2.39. The Kier molecular flexibility index (Phi) is 13.4. The molecular weight excluding hydrogens is 837 g/mol. The van der Waals surface area contributed by atoms with Crippen LogP contribution in [-0.4, -0.2) is 132 Å². The van der Waals surface area contributed by atoms with Crippen LogP contribution in [0.2, 0.25) is 10.0 Å². The first-order valence-electron chi connectivity index (χ1n) is 20.6. The van der Waals surface area contributed by atoms with Crippen molar-refractivity contribution in [3.8, 4) is 39.6 Å². The standard InChI is InChI=1S/C45H53Cl2N7O8/c1-28(50-61-17-11-48-39(55)25-51-12-14-52(15-13-51)43(57)62-44(2,3)4)29-9-8-10-30(19-29)34-23-35-38(24-37(34)58-7)60-26-36-40(42(56)53-16-18-59-27-45(53,5)6)49-54(41(35)36)33-21-31(46)20-32(47)22-33/h8-10,19-24H,11-18,25-27H2,1-7H3,(H,48,55)/b50-28+. The van der Waals surface area contributed by atoms with Crippen LogP contribution < -0.4 is 14.8 Å². The summed E-state index contributed by atoms with van der Waals surface area (Å²) >= 11 is 13.0. The average molecular weight is 891 g/mol. The smallest absolute Gasteiger partial charge is 0.410 e. The quantitative estimate of drug-likeness (QED) is 0.0942. The Hall–Kier alpha value is -5.35. The number of oxime groups is 1. The predicted molar refractivity (Wildman–Crippen MR) is 237 cm³/mol. The Bertz CT molecular complexity index is 2350. The van der Waals surface area contributed by atoms with Gasteiger partial charge in [0.1, 0.15) is 30.3 Å². The highest BCUT2D eigenvalue weighted by molar-refractivity contribution is 6.34. The fourth-order valence-electron chi connectivity index (χ4n) is 7.67. The number of methoxy groups -OCH3 is 1. The van der Waals surface area contributed by atoms with Crippen molar-refractivity contribution in [1.82, 2.24) is 29.8 Å². The highest BCUT2D eigenvalue weighted by atomic mass is 35.5. The van der Waals surface area contributed by atoms with Crippen LogP contribution >= 0.6 is 23.2 Å². The minimum absolute atomic E-state index is 0.106. The molecule has 0 aliphatic carbocycles. The van der Waals surface area contributed by atoms with Crippen molar-refractivity contribution in [2.45, 2.75) is 59.3 Å². The second kappa shape index (κ2) is 18.6. The average Bonchev–Trinajstić information content (AvgIpc) is 3.62. The summed E-state index contributed by atoms with van der Waals surface area (Å²) in [6.45, 7) is 15.5. The van der Waals surface area contributed by atoms with E-state index in [9.17, 15) is 14.4 Å². The molecule has 0 bridgehead atoms. The molecule has 0 radical (unpaired) electrons. The zero-order chi connectivity index (χ0) is 44.3. The number of hydrogen-bond donors (Lipinski definition) is 1.